The fourth-order valence-corrected chi connectivity index (χ4v) is 1.94. The summed E-state index contributed by atoms with van der Waals surface area (Å²) in [4.78, 5) is 22.6. The van der Waals surface area contributed by atoms with E-state index < -0.39 is 12.0 Å². The largest absolute Gasteiger partial charge is 0.481 e. The lowest BCUT2D eigenvalue weighted by molar-refractivity contribution is -0.138. The summed E-state index contributed by atoms with van der Waals surface area (Å²) >= 11 is 0. The van der Waals surface area contributed by atoms with Crippen LogP contribution in [-0.2, 0) is 9.53 Å². The van der Waals surface area contributed by atoms with Crippen LogP contribution in [0.3, 0.4) is 0 Å². The van der Waals surface area contributed by atoms with Crippen LogP contribution in [0.5, 0.6) is 0 Å². The minimum Gasteiger partial charge on any atom is -0.481 e. The predicted molar refractivity (Wildman–Crippen MR) is 71.0 cm³/mol. The van der Waals surface area contributed by atoms with Crippen LogP contribution in [0.15, 0.2) is 0 Å². The molecule has 110 valence electrons. The highest BCUT2D eigenvalue weighted by Gasteiger charge is 2.28. The monoisotopic (exact) mass is 272 g/mol. The second-order valence-corrected chi connectivity index (χ2v) is 6.10. The molecule has 19 heavy (non-hydrogen) atoms. The van der Waals surface area contributed by atoms with Crippen molar-refractivity contribution in [3.63, 3.8) is 0 Å². The molecule has 1 saturated heterocycles. The molecule has 2 atom stereocenters. The van der Waals surface area contributed by atoms with Gasteiger partial charge in [0.1, 0.15) is 0 Å². The molecule has 0 saturated carbocycles. The predicted octanol–water partition coefficient (Wildman–Crippen LogP) is 1.21. The molecule has 0 aromatic heterocycles. The second kappa shape index (κ2) is 6.75. The van der Waals surface area contributed by atoms with Crippen molar-refractivity contribution in [2.75, 3.05) is 19.8 Å². The first-order valence-electron chi connectivity index (χ1n) is 6.63. The smallest absolute Gasteiger partial charge is 0.315 e. The molecule has 0 aromatic rings. The fraction of sp³-hybridized carbons (Fsp3) is 0.846. The van der Waals surface area contributed by atoms with Gasteiger partial charge in [0.15, 0.2) is 0 Å². The van der Waals surface area contributed by atoms with Gasteiger partial charge in [-0.3, -0.25) is 4.79 Å². The van der Waals surface area contributed by atoms with Crippen molar-refractivity contribution in [1.29, 1.82) is 0 Å². The first kappa shape index (κ1) is 15.8. The third-order valence-corrected chi connectivity index (χ3v) is 3.30. The van der Waals surface area contributed by atoms with Crippen LogP contribution in [0.25, 0.3) is 0 Å². The van der Waals surface area contributed by atoms with E-state index in [1.54, 1.807) is 0 Å². The maximum atomic E-state index is 11.8. The van der Waals surface area contributed by atoms with Crippen LogP contribution in [0.4, 0.5) is 4.79 Å². The molecule has 0 radical (unpaired) electrons. The van der Waals surface area contributed by atoms with E-state index in [0.717, 1.165) is 13.0 Å². The van der Waals surface area contributed by atoms with Gasteiger partial charge in [0.2, 0.25) is 0 Å². The summed E-state index contributed by atoms with van der Waals surface area (Å²) in [6.45, 7) is 7.72. The third kappa shape index (κ3) is 5.92. The molecular formula is C13H24N2O4. The molecule has 1 heterocycles. The van der Waals surface area contributed by atoms with Gasteiger partial charge in [-0.1, -0.05) is 20.8 Å². The van der Waals surface area contributed by atoms with Crippen molar-refractivity contribution in [1.82, 2.24) is 10.6 Å². The lowest BCUT2D eigenvalue weighted by Crippen LogP contribution is -2.49. The van der Waals surface area contributed by atoms with Crippen molar-refractivity contribution in [3.05, 3.63) is 0 Å². The highest BCUT2D eigenvalue weighted by molar-refractivity contribution is 5.75. The molecule has 0 bridgehead atoms. The summed E-state index contributed by atoms with van der Waals surface area (Å²) in [5, 5.41) is 14.4. The van der Waals surface area contributed by atoms with Crippen LogP contribution in [0, 0.1) is 11.3 Å². The van der Waals surface area contributed by atoms with Gasteiger partial charge >= 0.3 is 12.0 Å². The molecular weight excluding hydrogens is 248 g/mol. The molecule has 1 rings (SSSR count). The number of carbonyl (C=O) groups excluding carboxylic acids is 1. The number of carboxylic acids is 1. The van der Waals surface area contributed by atoms with Gasteiger partial charge in [-0.25, -0.2) is 4.79 Å². The quantitative estimate of drug-likeness (QED) is 0.702. The van der Waals surface area contributed by atoms with Crippen molar-refractivity contribution < 1.29 is 19.4 Å². The zero-order valence-electron chi connectivity index (χ0n) is 11.9. The summed E-state index contributed by atoms with van der Waals surface area (Å²) < 4.78 is 5.23. The van der Waals surface area contributed by atoms with Gasteiger partial charge in [-0.15, -0.1) is 0 Å². The number of amides is 2. The molecule has 1 aliphatic heterocycles. The molecule has 0 aliphatic carbocycles. The molecule has 2 unspecified atom stereocenters. The first-order valence-corrected chi connectivity index (χ1v) is 6.63. The van der Waals surface area contributed by atoms with Crippen LogP contribution < -0.4 is 10.6 Å². The van der Waals surface area contributed by atoms with Crippen LogP contribution >= 0.6 is 0 Å². The van der Waals surface area contributed by atoms with Gasteiger partial charge < -0.3 is 20.5 Å². The topological polar surface area (TPSA) is 87.7 Å². The van der Waals surface area contributed by atoms with Gasteiger partial charge in [0, 0.05) is 25.1 Å². The summed E-state index contributed by atoms with van der Waals surface area (Å²) in [7, 11) is 0. The number of rotatable bonds is 5. The van der Waals surface area contributed by atoms with E-state index in [2.05, 4.69) is 10.6 Å². The summed E-state index contributed by atoms with van der Waals surface area (Å²) in [5.74, 6) is -0.553. The van der Waals surface area contributed by atoms with Crippen LogP contribution in [0.1, 0.15) is 33.6 Å². The summed E-state index contributed by atoms with van der Waals surface area (Å²) in [5.41, 5.74) is -0.299. The van der Waals surface area contributed by atoms with Gasteiger partial charge in [0.05, 0.1) is 13.0 Å². The SMILES string of the molecule is CC(C)(C)C(CC(=O)O)NC(=O)NCC1CCOC1. The van der Waals surface area contributed by atoms with Crippen LogP contribution in [-0.4, -0.2) is 42.9 Å². The molecule has 3 N–H and O–H groups in total. The Kier molecular flexibility index (Phi) is 5.60. The number of nitrogens with one attached hydrogen (secondary N) is 2. The van der Waals surface area contributed by atoms with Gasteiger partial charge in [-0.05, 0) is 11.8 Å². The second-order valence-electron chi connectivity index (χ2n) is 6.10. The molecule has 1 fully saturated rings. The molecule has 0 spiro atoms. The number of hydrogen-bond donors (Lipinski definition) is 3. The summed E-state index contributed by atoms with van der Waals surface area (Å²) in [6.07, 6.45) is 0.877. The summed E-state index contributed by atoms with van der Waals surface area (Å²) in [6, 6.07) is -0.710. The van der Waals surface area contributed by atoms with E-state index in [4.69, 9.17) is 9.84 Å². The average Bonchev–Trinajstić information content (AvgIpc) is 2.76. The third-order valence-electron chi connectivity index (χ3n) is 3.30. The Morgan fingerprint density at radius 3 is 2.58 bits per heavy atom. The number of carbonyl (C=O) groups is 2. The first-order chi connectivity index (χ1) is 8.79. The number of hydrogen-bond acceptors (Lipinski definition) is 3. The van der Waals surface area contributed by atoms with Crippen molar-refractivity contribution in [2.24, 2.45) is 11.3 Å². The minimum absolute atomic E-state index is 0.0799. The van der Waals surface area contributed by atoms with E-state index in [1.807, 2.05) is 20.8 Å². The Morgan fingerprint density at radius 1 is 1.42 bits per heavy atom. The van der Waals surface area contributed by atoms with Crippen molar-refractivity contribution in [2.45, 2.75) is 39.7 Å². The van der Waals surface area contributed by atoms with Crippen LogP contribution in [0.2, 0.25) is 0 Å². The van der Waals surface area contributed by atoms with E-state index in [9.17, 15) is 9.59 Å². The molecule has 0 aromatic carbocycles. The number of carboxylic acid groups (broad SMARTS) is 1. The van der Waals surface area contributed by atoms with E-state index in [0.29, 0.717) is 19.1 Å². The van der Waals surface area contributed by atoms with E-state index in [-0.39, 0.29) is 17.9 Å². The standard InChI is InChI=1S/C13H24N2O4/c1-13(2,3)10(6-11(16)17)15-12(18)14-7-9-4-5-19-8-9/h9-10H,4-8H2,1-3H3,(H,16,17)(H2,14,15,18). The Morgan fingerprint density at radius 2 is 2.11 bits per heavy atom. The minimum atomic E-state index is -0.913. The van der Waals surface area contributed by atoms with Gasteiger partial charge in [-0.2, -0.15) is 0 Å². The molecule has 6 nitrogen and oxygen atoms in total. The zero-order chi connectivity index (χ0) is 14.5. The van der Waals surface area contributed by atoms with Crippen molar-refractivity contribution in [3.8, 4) is 0 Å². The molecule has 1 aliphatic rings. The maximum Gasteiger partial charge on any atom is 0.315 e. The number of urea groups is 1. The maximum absolute atomic E-state index is 11.8. The van der Waals surface area contributed by atoms with E-state index >= 15 is 0 Å². The zero-order valence-corrected chi connectivity index (χ0v) is 11.9. The van der Waals surface area contributed by atoms with Gasteiger partial charge in [0.25, 0.3) is 0 Å². The van der Waals surface area contributed by atoms with E-state index in [1.165, 1.54) is 0 Å². The molecule has 2 amide bonds. The average molecular weight is 272 g/mol. The number of ether oxygens (including phenoxy) is 1. The molecule has 6 heteroatoms. The Hall–Kier alpha value is -1.30. The Bertz CT molecular complexity index is 319. The van der Waals surface area contributed by atoms with Crippen molar-refractivity contribution >= 4 is 12.0 Å². The Balaban J connectivity index is 2.39. The lowest BCUT2D eigenvalue weighted by atomic mass is 9.85. The number of aliphatic carboxylic acids is 1. The fourth-order valence-electron chi connectivity index (χ4n) is 1.94. The normalized spacial score (nSPS) is 20.9. The lowest BCUT2D eigenvalue weighted by Gasteiger charge is -2.30. The highest BCUT2D eigenvalue weighted by atomic mass is 16.5. The highest BCUT2D eigenvalue weighted by Crippen LogP contribution is 2.21. The Labute approximate surface area is 113 Å².